The predicted molar refractivity (Wildman–Crippen MR) is 89.2 cm³/mol. The molecule has 0 aliphatic rings. The van der Waals surface area contributed by atoms with Crippen molar-refractivity contribution in [2.45, 2.75) is 12.8 Å². The summed E-state index contributed by atoms with van der Waals surface area (Å²) in [6.45, 7) is 0. The van der Waals surface area contributed by atoms with Gasteiger partial charge in [0.15, 0.2) is 0 Å². The molecule has 6 heteroatoms. The lowest BCUT2D eigenvalue weighted by Crippen LogP contribution is -1.95. The first-order chi connectivity index (χ1) is 12.0. The number of allylic oxidation sites excluding steroid dienone is 2. The Morgan fingerprint density at radius 3 is 1.44 bits per heavy atom. The molecule has 0 unspecified atom stereocenters. The summed E-state index contributed by atoms with van der Waals surface area (Å²) in [6.07, 6.45) is 5.61. The Bertz CT molecular complexity index is 722. The molecule has 0 saturated carbocycles. The van der Waals surface area contributed by atoms with Crippen LogP contribution in [0.1, 0.15) is 24.0 Å². The van der Waals surface area contributed by atoms with E-state index in [1.54, 1.807) is 0 Å². The van der Waals surface area contributed by atoms with E-state index in [9.17, 15) is 17.6 Å². The molecule has 1 N–H and O–H groups in total. The summed E-state index contributed by atoms with van der Waals surface area (Å²) in [5.41, 5.74) is -0.117. The predicted octanol–water partition coefficient (Wildman–Crippen LogP) is 5.58. The van der Waals surface area contributed by atoms with Crippen LogP contribution in [-0.2, 0) is 0 Å². The van der Waals surface area contributed by atoms with Crippen molar-refractivity contribution in [3.8, 4) is 0 Å². The maximum atomic E-state index is 13.5. The smallest absolute Gasteiger partial charge is 0.133 e. The highest BCUT2D eigenvalue weighted by atomic mass is 19.1. The number of halogens is 4. The Hall–Kier alpha value is -2.89. The molecule has 0 aliphatic carbocycles. The van der Waals surface area contributed by atoms with Crippen LogP contribution in [0.25, 0.3) is 12.2 Å². The van der Waals surface area contributed by atoms with Crippen LogP contribution in [0.3, 0.4) is 0 Å². The first-order valence-corrected chi connectivity index (χ1v) is 7.44. The molecule has 130 valence electrons. The average molecular weight is 349 g/mol. The van der Waals surface area contributed by atoms with E-state index in [0.29, 0.717) is 0 Å². The first kappa shape index (κ1) is 18.4. The summed E-state index contributed by atoms with van der Waals surface area (Å²) >= 11 is 0. The fourth-order valence-corrected chi connectivity index (χ4v) is 2.13. The molecular weight excluding hydrogens is 334 g/mol. The van der Waals surface area contributed by atoms with Crippen LogP contribution in [0.15, 0.2) is 53.7 Å². The van der Waals surface area contributed by atoms with Gasteiger partial charge < -0.3 is 5.21 Å². The molecule has 2 rings (SSSR count). The van der Waals surface area contributed by atoms with E-state index in [0.717, 1.165) is 24.3 Å². The van der Waals surface area contributed by atoms with E-state index in [4.69, 9.17) is 5.21 Å². The molecule has 0 amide bonds. The van der Waals surface area contributed by atoms with Gasteiger partial charge in [0.1, 0.15) is 23.3 Å². The number of hydrogen-bond acceptors (Lipinski definition) is 2. The van der Waals surface area contributed by atoms with Gasteiger partial charge in [0.05, 0.1) is 5.71 Å². The van der Waals surface area contributed by atoms with Gasteiger partial charge in [-0.25, -0.2) is 17.6 Å². The van der Waals surface area contributed by atoms with Gasteiger partial charge in [-0.1, -0.05) is 41.6 Å². The highest BCUT2D eigenvalue weighted by Gasteiger charge is 2.06. The standard InChI is InChI=1S/C19H15F4NO/c20-16-9-3-10-17(21)14(16)7-1-5-13(24-25)6-2-8-15-18(22)11-4-12-19(15)23/h1-4,7-12,25H,5-6H2. The van der Waals surface area contributed by atoms with Crippen molar-refractivity contribution < 1.29 is 22.8 Å². The third-order valence-corrected chi connectivity index (χ3v) is 3.42. The van der Waals surface area contributed by atoms with Crippen LogP contribution < -0.4 is 0 Å². The van der Waals surface area contributed by atoms with E-state index in [1.165, 1.54) is 36.4 Å². The Morgan fingerprint density at radius 2 is 1.12 bits per heavy atom. The van der Waals surface area contributed by atoms with E-state index in [-0.39, 0.29) is 29.7 Å². The summed E-state index contributed by atoms with van der Waals surface area (Å²) in [6, 6.07) is 7.06. The quantitative estimate of drug-likeness (QED) is 0.314. The Morgan fingerprint density at radius 1 is 0.760 bits per heavy atom. The lowest BCUT2D eigenvalue weighted by atomic mass is 10.1. The molecule has 0 fully saturated rings. The molecule has 0 spiro atoms. The number of benzene rings is 2. The number of hydrogen-bond donors (Lipinski definition) is 1. The summed E-state index contributed by atoms with van der Waals surface area (Å²) in [5.74, 6) is -2.80. The van der Waals surface area contributed by atoms with Gasteiger partial charge in [-0.2, -0.15) is 0 Å². The minimum absolute atomic E-state index is 0.119. The van der Waals surface area contributed by atoms with Gasteiger partial charge >= 0.3 is 0 Å². The zero-order chi connectivity index (χ0) is 18.2. The molecule has 0 atom stereocenters. The van der Waals surface area contributed by atoms with E-state index in [2.05, 4.69) is 5.16 Å². The molecular formula is C19H15F4NO. The van der Waals surface area contributed by atoms with Crippen molar-refractivity contribution in [3.63, 3.8) is 0 Å². The summed E-state index contributed by atoms with van der Waals surface area (Å²) in [4.78, 5) is 0. The Kier molecular flexibility index (Phi) is 6.51. The fourth-order valence-electron chi connectivity index (χ4n) is 2.13. The van der Waals surface area contributed by atoms with Crippen molar-refractivity contribution in [1.29, 1.82) is 0 Å². The van der Waals surface area contributed by atoms with Crippen molar-refractivity contribution in [1.82, 2.24) is 0 Å². The molecule has 0 bridgehead atoms. The molecule has 25 heavy (non-hydrogen) atoms. The summed E-state index contributed by atoms with van der Waals surface area (Å²) < 4.78 is 53.9. The third-order valence-electron chi connectivity index (χ3n) is 3.42. The second-order valence-electron chi connectivity index (χ2n) is 5.15. The monoisotopic (exact) mass is 349 g/mol. The van der Waals surface area contributed by atoms with Crippen LogP contribution in [0.2, 0.25) is 0 Å². The minimum atomic E-state index is -0.700. The SMILES string of the molecule is ON=C(CC=Cc1c(F)cccc1F)CC=Cc1c(F)cccc1F. The van der Waals surface area contributed by atoms with Crippen LogP contribution in [0.5, 0.6) is 0 Å². The second-order valence-corrected chi connectivity index (χ2v) is 5.15. The maximum absolute atomic E-state index is 13.5. The van der Waals surface area contributed by atoms with Gasteiger partial charge in [0.2, 0.25) is 0 Å². The normalized spacial score (nSPS) is 11.4. The van der Waals surface area contributed by atoms with E-state index >= 15 is 0 Å². The number of rotatable bonds is 6. The number of nitrogens with zero attached hydrogens (tertiary/aromatic N) is 1. The van der Waals surface area contributed by atoms with Gasteiger partial charge in [-0.15, -0.1) is 0 Å². The van der Waals surface area contributed by atoms with Gasteiger partial charge in [-0.3, -0.25) is 0 Å². The Labute approximate surface area is 142 Å². The fraction of sp³-hybridized carbons (Fsp3) is 0.105. The summed E-state index contributed by atoms with van der Waals surface area (Å²) in [5, 5.41) is 12.0. The van der Waals surface area contributed by atoms with Crippen LogP contribution in [0, 0.1) is 23.3 Å². The molecule has 0 aromatic heterocycles. The van der Waals surface area contributed by atoms with Crippen LogP contribution >= 0.6 is 0 Å². The summed E-state index contributed by atoms with van der Waals surface area (Å²) in [7, 11) is 0. The lowest BCUT2D eigenvalue weighted by Gasteiger charge is -2.00. The largest absolute Gasteiger partial charge is 0.411 e. The van der Waals surface area contributed by atoms with Crippen LogP contribution in [0.4, 0.5) is 17.6 Å². The molecule has 0 heterocycles. The zero-order valence-corrected chi connectivity index (χ0v) is 13.1. The van der Waals surface area contributed by atoms with Crippen molar-refractivity contribution in [2.24, 2.45) is 5.16 Å². The van der Waals surface area contributed by atoms with Gasteiger partial charge in [0.25, 0.3) is 0 Å². The van der Waals surface area contributed by atoms with E-state index < -0.39 is 23.3 Å². The minimum Gasteiger partial charge on any atom is -0.411 e. The highest BCUT2D eigenvalue weighted by Crippen LogP contribution is 2.16. The highest BCUT2D eigenvalue weighted by molar-refractivity contribution is 5.87. The van der Waals surface area contributed by atoms with Crippen molar-refractivity contribution in [3.05, 3.63) is 82.9 Å². The van der Waals surface area contributed by atoms with Crippen LogP contribution in [-0.4, -0.2) is 10.9 Å². The molecule has 0 aliphatic heterocycles. The molecule has 2 aromatic rings. The molecule has 2 aromatic carbocycles. The molecule has 0 radical (unpaired) electrons. The van der Waals surface area contributed by atoms with Crippen molar-refractivity contribution in [2.75, 3.05) is 0 Å². The van der Waals surface area contributed by atoms with E-state index in [1.807, 2.05) is 0 Å². The zero-order valence-electron chi connectivity index (χ0n) is 13.1. The topological polar surface area (TPSA) is 32.6 Å². The molecule has 2 nitrogen and oxygen atoms in total. The lowest BCUT2D eigenvalue weighted by molar-refractivity contribution is 0.317. The maximum Gasteiger partial charge on any atom is 0.133 e. The Balaban J connectivity index is 2.00. The first-order valence-electron chi connectivity index (χ1n) is 7.44. The third kappa shape index (κ3) is 5.04. The number of oxime groups is 1. The average Bonchev–Trinajstić information content (AvgIpc) is 2.58. The molecule has 0 saturated heterocycles. The van der Waals surface area contributed by atoms with Crippen molar-refractivity contribution >= 4 is 17.9 Å². The second kappa shape index (κ2) is 8.82. The van der Waals surface area contributed by atoms with Gasteiger partial charge in [0, 0.05) is 24.0 Å². The van der Waals surface area contributed by atoms with Gasteiger partial charge in [-0.05, 0) is 24.3 Å².